The average Bonchev–Trinajstić information content (AvgIpc) is 3.56. The van der Waals surface area contributed by atoms with Crippen molar-refractivity contribution in [2.45, 2.75) is 30.6 Å². The molecule has 2 saturated heterocycles. The van der Waals surface area contributed by atoms with Gasteiger partial charge in [0.25, 0.3) is 0 Å². The second kappa shape index (κ2) is 11.8. The van der Waals surface area contributed by atoms with Gasteiger partial charge in [-0.3, -0.25) is 14.6 Å². The molecule has 4 nitrogen and oxygen atoms in total. The van der Waals surface area contributed by atoms with E-state index in [9.17, 15) is 9.18 Å². The Morgan fingerprint density at radius 3 is 2.53 bits per heavy atom. The number of Topliss-reactive ketones (excluding diaryl/α,β-unsaturated/α-hetero) is 1. The van der Waals surface area contributed by atoms with E-state index in [1.54, 1.807) is 12.1 Å². The number of ether oxygens (including phenoxy) is 1. The molecule has 0 aromatic heterocycles. The smallest absolute Gasteiger partial charge is 0.157 e. The summed E-state index contributed by atoms with van der Waals surface area (Å²) < 4.78 is 20.0. The van der Waals surface area contributed by atoms with Gasteiger partial charge >= 0.3 is 0 Å². The summed E-state index contributed by atoms with van der Waals surface area (Å²) in [7, 11) is 0. The van der Waals surface area contributed by atoms with E-state index in [1.165, 1.54) is 11.6 Å². The molecule has 3 fully saturated rings. The molecule has 3 aliphatic rings. The summed E-state index contributed by atoms with van der Waals surface area (Å²) >= 11 is 4.78. The van der Waals surface area contributed by atoms with Crippen molar-refractivity contribution in [1.29, 1.82) is 0 Å². The lowest BCUT2D eigenvalue weighted by atomic mass is 9.93. The van der Waals surface area contributed by atoms with Gasteiger partial charge in [-0.2, -0.15) is 12.6 Å². The number of ketones is 1. The third-order valence-electron chi connectivity index (χ3n) is 6.03. The van der Waals surface area contributed by atoms with Crippen molar-refractivity contribution in [3.63, 3.8) is 0 Å². The van der Waals surface area contributed by atoms with E-state index in [4.69, 9.17) is 17.4 Å². The summed E-state index contributed by atoms with van der Waals surface area (Å²) in [6.07, 6.45) is 5.01. The maximum atomic E-state index is 14.6. The topological polar surface area (TPSA) is 32.8 Å². The van der Waals surface area contributed by atoms with Crippen LogP contribution < -0.4 is 0 Å². The van der Waals surface area contributed by atoms with Gasteiger partial charge in [0.15, 0.2) is 5.78 Å². The first kappa shape index (κ1) is 25.6. The Balaban J connectivity index is 0.00000160. The van der Waals surface area contributed by atoms with Crippen LogP contribution in [0, 0.1) is 11.7 Å². The van der Waals surface area contributed by atoms with Crippen LogP contribution in [0.3, 0.4) is 0 Å². The van der Waals surface area contributed by atoms with Gasteiger partial charge in [-0.25, -0.2) is 4.39 Å². The number of morpholine rings is 1. The molecule has 2 heterocycles. The standard InChI is InChI=1S/C22H29FN2O2S.2ClH/c23-19-4-2-1-3-18(19)21(22(26)16-5-6-16)25-10-8-20(28)17(15-25)7-9-24-11-13-27-14-12-24;;/h1-4,7,16,20-21,28H,5-6,8-15H2;2*1H. The summed E-state index contributed by atoms with van der Waals surface area (Å²) in [4.78, 5) is 17.6. The molecule has 1 aromatic rings. The molecule has 8 heteroatoms. The lowest BCUT2D eigenvalue weighted by Crippen LogP contribution is -2.43. The van der Waals surface area contributed by atoms with Gasteiger partial charge in [-0.05, 0) is 30.9 Å². The molecule has 2 unspecified atom stereocenters. The molecule has 0 N–H and O–H groups in total. The minimum Gasteiger partial charge on any atom is -0.379 e. The van der Waals surface area contributed by atoms with Gasteiger partial charge < -0.3 is 4.74 Å². The van der Waals surface area contributed by atoms with Crippen molar-refractivity contribution < 1.29 is 13.9 Å². The Morgan fingerprint density at radius 2 is 1.87 bits per heavy atom. The fraction of sp³-hybridized carbons (Fsp3) is 0.591. The summed E-state index contributed by atoms with van der Waals surface area (Å²) in [5, 5.41) is 0.203. The van der Waals surface area contributed by atoms with Crippen molar-refractivity contribution in [1.82, 2.24) is 9.80 Å². The third kappa shape index (κ3) is 6.21. The minimum atomic E-state index is -0.485. The van der Waals surface area contributed by atoms with E-state index >= 15 is 0 Å². The van der Waals surface area contributed by atoms with Crippen molar-refractivity contribution in [2.24, 2.45) is 5.92 Å². The molecular formula is C22H31Cl2FN2O2S. The zero-order chi connectivity index (χ0) is 19.5. The maximum absolute atomic E-state index is 14.6. The molecule has 168 valence electrons. The monoisotopic (exact) mass is 476 g/mol. The van der Waals surface area contributed by atoms with Crippen molar-refractivity contribution in [2.75, 3.05) is 45.9 Å². The molecule has 1 aromatic carbocycles. The van der Waals surface area contributed by atoms with E-state index < -0.39 is 6.04 Å². The Morgan fingerprint density at radius 1 is 1.17 bits per heavy atom. The summed E-state index contributed by atoms with van der Waals surface area (Å²) in [5.41, 5.74) is 1.76. The van der Waals surface area contributed by atoms with E-state index in [2.05, 4.69) is 15.9 Å². The van der Waals surface area contributed by atoms with Crippen LogP contribution >= 0.6 is 37.4 Å². The number of benzene rings is 1. The molecule has 0 amide bonds. The predicted octanol–water partition coefficient (Wildman–Crippen LogP) is 3.95. The zero-order valence-corrected chi connectivity index (χ0v) is 19.6. The molecule has 0 spiro atoms. The van der Waals surface area contributed by atoms with Crippen molar-refractivity contribution in [3.05, 3.63) is 47.3 Å². The third-order valence-corrected chi connectivity index (χ3v) is 6.62. The van der Waals surface area contributed by atoms with Crippen LogP contribution in [-0.2, 0) is 9.53 Å². The van der Waals surface area contributed by atoms with Crippen LogP contribution in [0.25, 0.3) is 0 Å². The minimum absolute atomic E-state index is 0. The fourth-order valence-electron chi connectivity index (χ4n) is 4.16. The van der Waals surface area contributed by atoms with Crippen LogP contribution in [0.1, 0.15) is 30.9 Å². The first-order valence-corrected chi connectivity index (χ1v) is 10.8. The number of thiol groups is 1. The Bertz CT molecular complexity index is 742. The molecular weight excluding hydrogens is 446 g/mol. The summed E-state index contributed by atoms with van der Waals surface area (Å²) in [6.45, 7) is 5.78. The van der Waals surface area contributed by atoms with E-state index in [-0.39, 0.29) is 47.6 Å². The van der Waals surface area contributed by atoms with Crippen molar-refractivity contribution >= 4 is 43.2 Å². The van der Waals surface area contributed by atoms with Gasteiger partial charge in [0.1, 0.15) is 5.82 Å². The van der Waals surface area contributed by atoms with Crippen LogP contribution in [0.2, 0.25) is 0 Å². The van der Waals surface area contributed by atoms with Crippen LogP contribution in [0.15, 0.2) is 35.9 Å². The van der Waals surface area contributed by atoms with E-state index in [0.717, 1.165) is 58.7 Å². The number of likely N-dealkylation sites (tertiary alicyclic amines) is 1. The van der Waals surface area contributed by atoms with E-state index in [1.807, 2.05) is 6.07 Å². The Kier molecular flexibility index (Phi) is 10.1. The number of halogens is 3. The average molecular weight is 477 g/mol. The van der Waals surface area contributed by atoms with Gasteiger partial charge in [-0.15, -0.1) is 24.8 Å². The van der Waals surface area contributed by atoms with E-state index in [0.29, 0.717) is 12.1 Å². The molecule has 1 saturated carbocycles. The quantitative estimate of drug-likeness (QED) is 0.497. The number of carbonyl (C=O) groups excluding carboxylic acids is 1. The molecule has 30 heavy (non-hydrogen) atoms. The number of carbonyl (C=O) groups is 1. The van der Waals surface area contributed by atoms with Crippen LogP contribution in [0.5, 0.6) is 0 Å². The van der Waals surface area contributed by atoms with Gasteiger partial charge in [-0.1, -0.05) is 24.3 Å². The van der Waals surface area contributed by atoms with Gasteiger partial charge in [0, 0.05) is 49.5 Å². The van der Waals surface area contributed by atoms with Gasteiger partial charge in [0.2, 0.25) is 0 Å². The molecule has 4 rings (SSSR count). The highest BCUT2D eigenvalue weighted by atomic mass is 35.5. The number of hydrogen-bond donors (Lipinski definition) is 1. The lowest BCUT2D eigenvalue weighted by Gasteiger charge is -2.38. The lowest BCUT2D eigenvalue weighted by molar-refractivity contribution is -0.126. The predicted molar refractivity (Wildman–Crippen MR) is 126 cm³/mol. The maximum Gasteiger partial charge on any atom is 0.157 e. The number of nitrogens with zero attached hydrogens (tertiary/aromatic N) is 2. The Hall–Kier alpha value is -0.630. The molecule has 2 aliphatic heterocycles. The molecule has 1 aliphatic carbocycles. The zero-order valence-electron chi connectivity index (χ0n) is 17.0. The summed E-state index contributed by atoms with van der Waals surface area (Å²) in [5.74, 6) is -0.0114. The largest absolute Gasteiger partial charge is 0.379 e. The van der Waals surface area contributed by atoms with Crippen LogP contribution in [-0.4, -0.2) is 66.8 Å². The second-order valence-electron chi connectivity index (χ2n) is 8.07. The second-order valence-corrected chi connectivity index (χ2v) is 8.69. The first-order chi connectivity index (χ1) is 13.6. The number of rotatable bonds is 6. The van der Waals surface area contributed by atoms with Crippen molar-refractivity contribution in [3.8, 4) is 0 Å². The number of piperidine rings is 1. The Labute approximate surface area is 196 Å². The molecule has 0 radical (unpaired) electrons. The highest BCUT2D eigenvalue weighted by Crippen LogP contribution is 2.39. The van der Waals surface area contributed by atoms with Crippen LogP contribution in [0.4, 0.5) is 4.39 Å². The number of hydrogen-bond acceptors (Lipinski definition) is 5. The molecule has 2 atom stereocenters. The SMILES string of the molecule is Cl.Cl.O=C(C1CC1)C(c1ccccc1F)N1CCC(S)C(=CCN2CCOCC2)C1. The summed E-state index contributed by atoms with van der Waals surface area (Å²) in [6, 6.07) is 6.26. The van der Waals surface area contributed by atoms with Gasteiger partial charge in [0.05, 0.1) is 19.3 Å². The normalized spacial score (nSPS) is 25.3. The first-order valence-electron chi connectivity index (χ1n) is 10.3. The molecule has 0 bridgehead atoms. The highest BCUT2D eigenvalue weighted by Gasteiger charge is 2.40. The highest BCUT2D eigenvalue weighted by molar-refractivity contribution is 7.81. The fourth-order valence-corrected chi connectivity index (χ4v) is 4.46.